The lowest BCUT2D eigenvalue weighted by atomic mass is 9.99. The van der Waals surface area contributed by atoms with Gasteiger partial charge in [-0.3, -0.25) is 4.79 Å². The molecule has 2 heterocycles. The Morgan fingerprint density at radius 1 is 1.41 bits per heavy atom. The molecule has 0 radical (unpaired) electrons. The van der Waals surface area contributed by atoms with E-state index >= 15 is 0 Å². The van der Waals surface area contributed by atoms with Gasteiger partial charge in [-0.25, -0.2) is 9.07 Å². The Morgan fingerprint density at radius 2 is 2.23 bits per heavy atom. The number of benzene rings is 1. The van der Waals surface area contributed by atoms with Crippen molar-refractivity contribution in [1.29, 1.82) is 0 Å². The SMILES string of the molecule is Cl.O=C(Nc1cnn(-c2ccccc2F)c1)C1CCCNC1. The molecule has 7 heteroatoms. The predicted octanol–water partition coefficient (Wildman–Crippen LogP) is 2.37. The summed E-state index contributed by atoms with van der Waals surface area (Å²) in [4.78, 5) is 12.1. The van der Waals surface area contributed by atoms with Crippen molar-refractivity contribution in [1.82, 2.24) is 15.1 Å². The van der Waals surface area contributed by atoms with Gasteiger partial charge in [0.1, 0.15) is 11.5 Å². The van der Waals surface area contributed by atoms with Crippen molar-refractivity contribution in [2.75, 3.05) is 18.4 Å². The number of nitrogens with zero attached hydrogens (tertiary/aromatic N) is 2. The molecule has 1 aliphatic heterocycles. The van der Waals surface area contributed by atoms with Gasteiger partial charge in [-0.15, -0.1) is 12.4 Å². The summed E-state index contributed by atoms with van der Waals surface area (Å²) in [5, 5.41) is 10.1. The highest BCUT2D eigenvalue weighted by molar-refractivity contribution is 5.92. The van der Waals surface area contributed by atoms with Crippen LogP contribution in [0.5, 0.6) is 0 Å². The number of hydrogen-bond donors (Lipinski definition) is 2. The maximum Gasteiger partial charge on any atom is 0.228 e. The summed E-state index contributed by atoms with van der Waals surface area (Å²) in [5.74, 6) is -0.388. The first-order valence-corrected chi connectivity index (χ1v) is 7.05. The molecular formula is C15H18ClFN4O. The average molecular weight is 325 g/mol. The summed E-state index contributed by atoms with van der Waals surface area (Å²) in [6.45, 7) is 1.67. The predicted molar refractivity (Wildman–Crippen MR) is 85.0 cm³/mol. The minimum Gasteiger partial charge on any atom is -0.323 e. The zero-order valence-electron chi connectivity index (χ0n) is 12.0. The van der Waals surface area contributed by atoms with Crippen LogP contribution < -0.4 is 10.6 Å². The van der Waals surface area contributed by atoms with Crippen molar-refractivity contribution in [3.8, 4) is 5.69 Å². The van der Waals surface area contributed by atoms with Crippen LogP contribution in [0.25, 0.3) is 5.69 Å². The molecule has 0 bridgehead atoms. The standard InChI is InChI=1S/C15H17FN4O.ClH/c16-13-5-1-2-6-14(13)20-10-12(9-18-20)19-15(21)11-4-3-7-17-8-11;/h1-2,5-6,9-11,17H,3-4,7-8H2,(H,19,21);1H. The lowest BCUT2D eigenvalue weighted by molar-refractivity contribution is -0.120. The van der Waals surface area contributed by atoms with Gasteiger partial charge in [-0.2, -0.15) is 5.10 Å². The fraction of sp³-hybridized carbons (Fsp3) is 0.333. The number of amides is 1. The van der Waals surface area contributed by atoms with Crippen molar-refractivity contribution >= 4 is 24.0 Å². The third-order valence-electron chi connectivity index (χ3n) is 3.62. The molecule has 5 nitrogen and oxygen atoms in total. The van der Waals surface area contributed by atoms with Crippen LogP contribution in [0.3, 0.4) is 0 Å². The minimum atomic E-state index is -0.352. The largest absolute Gasteiger partial charge is 0.323 e. The molecule has 2 aromatic rings. The van der Waals surface area contributed by atoms with E-state index < -0.39 is 0 Å². The van der Waals surface area contributed by atoms with Gasteiger partial charge in [-0.05, 0) is 31.5 Å². The molecular weight excluding hydrogens is 307 g/mol. The lowest BCUT2D eigenvalue weighted by Crippen LogP contribution is -2.37. The Morgan fingerprint density at radius 3 is 2.95 bits per heavy atom. The number of nitrogens with one attached hydrogen (secondary N) is 2. The van der Waals surface area contributed by atoms with Crippen LogP contribution in [0, 0.1) is 11.7 Å². The zero-order chi connectivity index (χ0) is 14.7. The van der Waals surface area contributed by atoms with Crippen molar-refractivity contribution in [2.45, 2.75) is 12.8 Å². The maximum absolute atomic E-state index is 13.7. The number of carbonyl (C=O) groups is 1. The maximum atomic E-state index is 13.7. The van der Waals surface area contributed by atoms with E-state index in [4.69, 9.17) is 0 Å². The molecule has 2 N–H and O–H groups in total. The Labute approximate surface area is 134 Å². The summed E-state index contributed by atoms with van der Waals surface area (Å²) >= 11 is 0. The third-order valence-corrected chi connectivity index (χ3v) is 3.62. The molecule has 0 saturated carbocycles. The van der Waals surface area contributed by atoms with Crippen LogP contribution in [-0.4, -0.2) is 28.8 Å². The number of piperidine rings is 1. The molecule has 1 amide bonds. The monoisotopic (exact) mass is 324 g/mol. The highest BCUT2D eigenvalue weighted by atomic mass is 35.5. The van der Waals surface area contributed by atoms with Gasteiger partial charge in [0.2, 0.25) is 5.91 Å². The van der Waals surface area contributed by atoms with Crippen LogP contribution >= 0.6 is 12.4 Å². The fourth-order valence-electron chi connectivity index (χ4n) is 2.48. The second-order valence-corrected chi connectivity index (χ2v) is 5.16. The highest BCUT2D eigenvalue weighted by Crippen LogP contribution is 2.17. The number of hydrogen-bond acceptors (Lipinski definition) is 3. The summed E-state index contributed by atoms with van der Waals surface area (Å²) in [7, 11) is 0. The molecule has 1 aliphatic rings. The molecule has 118 valence electrons. The topological polar surface area (TPSA) is 59.0 Å². The van der Waals surface area contributed by atoms with E-state index in [9.17, 15) is 9.18 Å². The number of anilines is 1. The molecule has 1 aromatic carbocycles. The van der Waals surface area contributed by atoms with Gasteiger partial charge >= 0.3 is 0 Å². The van der Waals surface area contributed by atoms with E-state index in [1.807, 2.05) is 0 Å². The minimum absolute atomic E-state index is 0. The molecule has 1 unspecified atom stereocenters. The fourth-order valence-corrected chi connectivity index (χ4v) is 2.48. The van der Waals surface area contributed by atoms with Crippen LogP contribution in [0.1, 0.15) is 12.8 Å². The molecule has 0 spiro atoms. The first-order chi connectivity index (χ1) is 10.2. The van der Waals surface area contributed by atoms with E-state index in [2.05, 4.69) is 15.7 Å². The van der Waals surface area contributed by atoms with Crippen LogP contribution in [0.15, 0.2) is 36.7 Å². The normalized spacial score (nSPS) is 17.6. The first kappa shape index (κ1) is 16.5. The quantitative estimate of drug-likeness (QED) is 0.911. The van der Waals surface area contributed by atoms with Crippen LogP contribution in [0.2, 0.25) is 0 Å². The van der Waals surface area contributed by atoms with Crippen molar-refractivity contribution in [3.63, 3.8) is 0 Å². The van der Waals surface area contributed by atoms with Gasteiger partial charge in [0.15, 0.2) is 0 Å². The Balaban J connectivity index is 0.00000176. The third kappa shape index (κ3) is 3.64. The van der Waals surface area contributed by atoms with Gasteiger partial charge in [0.25, 0.3) is 0 Å². The van der Waals surface area contributed by atoms with Crippen LogP contribution in [0.4, 0.5) is 10.1 Å². The molecule has 1 atom stereocenters. The second-order valence-electron chi connectivity index (χ2n) is 5.16. The second kappa shape index (κ2) is 7.38. The molecule has 22 heavy (non-hydrogen) atoms. The van der Waals surface area contributed by atoms with E-state index in [1.165, 1.54) is 16.9 Å². The molecule has 3 rings (SSSR count). The van der Waals surface area contributed by atoms with E-state index in [1.54, 1.807) is 24.4 Å². The van der Waals surface area contributed by atoms with E-state index in [0.29, 0.717) is 17.9 Å². The Hall–Kier alpha value is -1.92. The van der Waals surface area contributed by atoms with E-state index in [0.717, 1.165) is 19.4 Å². The first-order valence-electron chi connectivity index (χ1n) is 7.05. The van der Waals surface area contributed by atoms with E-state index in [-0.39, 0.29) is 30.0 Å². The lowest BCUT2D eigenvalue weighted by Gasteiger charge is -2.21. The summed E-state index contributed by atoms with van der Waals surface area (Å²) in [6, 6.07) is 6.38. The van der Waals surface area contributed by atoms with Gasteiger partial charge < -0.3 is 10.6 Å². The summed E-state index contributed by atoms with van der Waals surface area (Å²) in [5.41, 5.74) is 0.936. The van der Waals surface area contributed by atoms with Gasteiger partial charge in [0.05, 0.1) is 24.0 Å². The zero-order valence-corrected chi connectivity index (χ0v) is 12.8. The van der Waals surface area contributed by atoms with Gasteiger partial charge in [-0.1, -0.05) is 12.1 Å². The Bertz CT molecular complexity index is 640. The Kier molecular flexibility index (Phi) is 5.51. The number of aromatic nitrogens is 2. The van der Waals surface area contributed by atoms with Crippen molar-refractivity contribution in [3.05, 3.63) is 42.5 Å². The molecule has 1 fully saturated rings. The summed E-state index contributed by atoms with van der Waals surface area (Å²) < 4.78 is 15.1. The number of rotatable bonds is 3. The molecule has 0 aliphatic carbocycles. The number of carbonyl (C=O) groups excluding carboxylic acids is 1. The van der Waals surface area contributed by atoms with Crippen molar-refractivity contribution < 1.29 is 9.18 Å². The number of para-hydroxylation sites is 1. The average Bonchev–Trinajstić information content (AvgIpc) is 2.97. The van der Waals surface area contributed by atoms with Crippen molar-refractivity contribution in [2.24, 2.45) is 5.92 Å². The summed E-state index contributed by atoms with van der Waals surface area (Å²) in [6.07, 6.45) is 5.04. The molecule has 1 saturated heterocycles. The smallest absolute Gasteiger partial charge is 0.228 e. The molecule has 1 aromatic heterocycles. The number of halogens is 2. The highest BCUT2D eigenvalue weighted by Gasteiger charge is 2.21. The van der Waals surface area contributed by atoms with Gasteiger partial charge in [0, 0.05) is 6.54 Å². The van der Waals surface area contributed by atoms with Crippen LogP contribution in [-0.2, 0) is 4.79 Å².